The van der Waals surface area contributed by atoms with Crippen LogP contribution < -0.4 is 5.32 Å². The lowest BCUT2D eigenvalue weighted by molar-refractivity contribution is -0.148. The number of carbonyl (C=O) groups is 1. The summed E-state index contributed by atoms with van der Waals surface area (Å²) < 4.78 is 0. The molecule has 0 aromatic heterocycles. The second-order valence-corrected chi connectivity index (χ2v) is 4.56. The molecule has 2 heterocycles. The predicted molar refractivity (Wildman–Crippen MR) is 52.8 cm³/mol. The molecule has 2 fully saturated rings. The van der Waals surface area contributed by atoms with E-state index in [9.17, 15) is 9.90 Å². The van der Waals surface area contributed by atoms with E-state index >= 15 is 0 Å². The summed E-state index contributed by atoms with van der Waals surface area (Å²) in [6.45, 7) is 2.34. The number of aliphatic hydroxyl groups is 1. The molecule has 4 heteroatoms. The van der Waals surface area contributed by atoms with E-state index in [0.29, 0.717) is 13.0 Å². The van der Waals surface area contributed by atoms with Crippen molar-refractivity contribution in [1.82, 2.24) is 10.2 Å². The van der Waals surface area contributed by atoms with Gasteiger partial charge in [-0.05, 0) is 26.3 Å². The molecule has 1 amide bonds. The Morgan fingerprint density at radius 1 is 1.64 bits per heavy atom. The van der Waals surface area contributed by atoms with Gasteiger partial charge < -0.3 is 15.3 Å². The number of hydrogen-bond acceptors (Lipinski definition) is 3. The van der Waals surface area contributed by atoms with Crippen LogP contribution in [0.1, 0.15) is 19.3 Å². The summed E-state index contributed by atoms with van der Waals surface area (Å²) in [4.78, 5) is 14.0. The van der Waals surface area contributed by atoms with Gasteiger partial charge in [0.2, 0.25) is 5.91 Å². The number of aliphatic hydroxyl groups excluding tert-OH is 1. The Morgan fingerprint density at radius 3 is 3.14 bits per heavy atom. The van der Waals surface area contributed by atoms with Crippen LogP contribution >= 0.6 is 0 Å². The minimum atomic E-state index is -0.523. The van der Waals surface area contributed by atoms with Crippen LogP contribution in [-0.2, 0) is 4.79 Å². The maximum Gasteiger partial charge on any atom is 0.230 e. The topological polar surface area (TPSA) is 52.6 Å². The summed E-state index contributed by atoms with van der Waals surface area (Å²) in [7, 11) is 2.01. The summed E-state index contributed by atoms with van der Waals surface area (Å²) in [6, 6.07) is 0. The molecule has 2 rings (SSSR count). The Morgan fingerprint density at radius 2 is 2.43 bits per heavy atom. The summed E-state index contributed by atoms with van der Waals surface area (Å²) in [5, 5.41) is 12.9. The van der Waals surface area contributed by atoms with Gasteiger partial charge >= 0.3 is 0 Å². The van der Waals surface area contributed by atoms with Crippen molar-refractivity contribution >= 4 is 5.91 Å². The van der Waals surface area contributed by atoms with Crippen molar-refractivity contribution in [2.75, 3.05) is 26.7 Å². The molecule has 2 unspecified atom stereocenters. The average molecular weight is 198 g/mol. The highest BCUT2D eigenvalue weighted by molar-refractivity contribution is 5.84. The number of likely N-dealkylation sites (tertiary alicyclic amines) is 1. The number of nitrogens with one attached hydrogen (secondary N) is 1. The molecule has 4 nitrogen and oxygen atoms in total. The van der Waals surface area contributed by atoms with Crippen LogP contribution in [0.4, 0.5) is 0 Å². The van der Waals surface area contributed by atoms with Gasteiger partial charge in [0.15, 0.2) is 0 Å². The van der Waals surface area contributed by atoms with Gasteiger partial charge in [0, 0.05) is 19.6 Å². The van der Waals surface area contributed by atoms with Crippen LogP contribution in [-0.4, -0.2) is 48.7 Å². The second kappa shape index (κ2) is 3.51. The van der Waals surface area contributed by atoms with Crippen molar-refractivity contribution in [3.05, 3.63) is 0 Å². The van der Waals surface area contributed by atoms with Crippen LogP contribution in [0.2, 0.25) is 0 Å². The lowest BCUT2D eigenvalue weighted by Crippen LogP contribution is -2.60. The fourth-order valence-electron chi connectivity index (χ4n) is 2.65. The highest BCUT2D eigenvalue weighted by Crippen LogP contribution is 2.36. The number of amides is 1. The second-order valence-electron chi connectivity index (χ2n) is 4.56. The first-order valence-corrected chi connectivity index (χ1v) is 5.30. The number of rotatable bonds is 0. The third-order valence-corrected chi connectivity index (χ3v) is 3.51. The van der Waals surface area contributed by atoms with E-state index in [1.807, 2.05) is 7.05 Å². The fraction of sp³-hybridized carbons (Fsp3) is 0.900. The third-order valence-electron chi connectivity index (χ3n) is 3.51. The summed E-state index contributed by atoms with van der Waals surface area (Å²) in [6.07, 6.45) is 2.06. The Kier molecular flexibility index (Phi) is 2.49. The molecule has 14 heavy (non-hydrogen) atoms. The van der Waals surface area contributed by atoms with Crippen molar-refractivity contribution in [2.24, 2.45) is 5.41 Å². The average Bonchev–Trinajstić information content (AvgIpc) is 2.17. The van der Waals surface area contributed by atoms with E-state index in [1.54, 1.807) is 0 Å². The van der Waals surface area contributed by atoms with Crippen molar-refractivity contribution < 1.29 is 9.90 Å². The van der Waals surface area contributed by atoms with Gasteiger partial charge in [0.1, 0.15) is 0 Å². The SMILES string of the molecule is CN1CCC(O)C2(CCCNC2=O)C1. The third kappa shape index (κ3) is 1.42. The van der Waals surface area contributed by atoms with Crippen LogP contribution in [0, 0.1) is 5.41 Å². The van der Waals surface area contributed by atoms with E-state index in [-0.39, 0.29) is 5.91 Å². The predicted octanol–water partition coefficient (Wildman–Crippen LogP) is -0.421. The van der Waals surface area contributed by atoms with Crippen molar-refractivity contribution in [3.63, 3.8) is 0 Å². The monoisotopic (exact) mass is 198 g/mol. The Labute approximate surface area is 84.3 Å². The van der Waals surface area contributed by atoms with Gasteiger partial charge in [-0.2, -0.15) is 0 Å². The van der Waals surface area contributed by atoms with E-state index in [2.05, 4.69) is 10.2 Å². The minimum absolute atomic E-state index is 0.0443. The molecule has 2 aliphatic heterocycles. The van der Waals surface area contributed by atoms with Gasteiger partial charge in [0.25, 0.3) is 0 Å². The van der Waals surface area contributed by atoms with Crippen molar-refractivity contribution in [3.8, 4) is 0 Å². The molecule has 2 saturated heterocycles. The van der Waals surface area contributed by atoms with Crippen molar-refractivity contribution in [2.45, 2.75) is 25.4 Å². The molecule has 0 radical (unpaired) electrons. The van der Waals surface area contributed by atoms with E-state index in [4.69, 9.17) is 0 Å². The molecule has 2 atom stereocenters. The maximum atomic E-state index is 11.8. The van der Waals surface area contributed by atoms with E-state index < -0.39 is 11.5 Å². The normalized spacial score (nSPS) is 39.9. The first kappa shape index (κ1) is 9.93. The minimum Gasteiger partial charge on any atom is -0.392 e. The zero-order valence-corrected chi connectivity index (χ0v) is 8.62. The van der Waals surface area contributed by atoms with Gasteiger partial charge in [0.05, 0.1) is 11.5 Å². The summed E-state index contributed by atoms with van der Waals surface area (Å²) in [5.41, 5.74) is -0.523. The smallest absolute Gasteiger partial charge is 0.230 e. The summed E-state index contributed by atoms with van der Waals surface area (Å²) >= 11 is 0. The first-order valence-electron chi connectivity index (χ1n) is 5.30. The molecule has 1 spiro atoms. The highest BCUT2D eigenvalue weighted by atomic mass is 16.3. The lowest BCUT2D eigenvalue weighted by Gasteiger charge is -2.45. The number of piperidine rings is 2. The molecule has 0 aromatic carbocycles. The van der Waals surface area contributed by atoms with Gasteiger partial charge in [-0.25, -0.2) is 0 Å². The van der Waals surface area contributed by atoms with Gasteiger partial charge in [-0.3, -0.25) is 4.79 Å². The lowest BCUT2D eigenvalue weighted by atomic mass is 9.71. The number of nitrogens with zero attached hydrogens (tertiary/aromatic N) is 1. The standard InChI is InChI=1S/C10H18N2O2/c1-12-6-3-8(13)10(7-12)4-2-5-11-9(10)14/h8,13H,2-7H2,1H3,(H,11,14). The molecule has 0 aromatic rings. The molecule has 0 bridgehead atoms. The van der Waals surface area contributed by atoms with Crippen LogP contribution in [0.3, 0.4) is 0 Å². The van der Waals surface area contributed by atoms with Gasteiger partial charge in [-0.1, -0.05) is 0 Å². The quantitative estimate of drug-likeness (QED) is 0.556. The number of hydrogen-bond donors (Lipinski definition) is 2. The van der Waals surface area contributed by atoms with Crippen LogP contribution in [0.5, 0.6) is 0 Å². The number of carbonyl (C=O) groups excluding carboxylic acids is 1. The Balaban J connectivity index is 2.20. The molecule has 0 saturated carbocycles. The Bertz CT molecular complexity index is 244. The summed E-state index contributed by atoms with van der Waals surface area (Å²) in [5.74, 6) is 0.0443. The molecule has 2 N–H and O–H groups in total. The van der Waals surface area contributed by atoms with E-state index in [0.717, 1.165) is 25.9 Å². The Hall–Kier alpha value is -0.610. The van der Waals surface area contributed by atoms with Crippen LogP contribution in [0.25, 0.3) is 0 Å². The van der Waals surface area contributed by atoms with E-state index in [1.165, 1.54) is 0 Å². The first-order chi connectivity index (χ1) is 6.65. The molecule has 2 aliphatic rings. The highest BCUT2D eigenvalue weighted by Gasteiger charge is 2.48. The molecule has 80 valence electrons. The maximum absolute atomic E-state index is 11.8. The van der Waals surface area contributed by atoms with Crippen molar-refractivity contribution in [1.29, 1.82) is 0 Å². The molecule has 0 aliphatic carbocycles. The molecular weight excluding hydrogens is 180 g/mol. The zero-order valence-electron chi connectivity index (χ0n) is 8.62. The molecular formula is C10H18N2O2. The van der Waals surface area contributed by atoms with Crippen LogP contribution in [0.15, 0.2) is 0 Å². The van der Waals surface area contributed by atoms with Gasteiger partial charge in [-0.15, -0.1) is 0 Å². The largest absolute Gasteiger partial charge is 0.392 e. The zero-order chi connectivity index (χ0) is 10.2. The fourth-order valence-corrected chi connectivity index (χ4v) is 2.65.